The Morgan fingerprint density at radius 1 is 0.976 bits per heavy atom. The summed E-state index contributed by atoms with van der Waals surface area (Å²) >= 11 is 1.27. The molecule has 0 spiro atoms. The molecule has 0 aliphatic rings. The van der Waals surface area contributed by atoms with Gasteiger partial charge in [0.2, 0.25) is 5.95 Å². The van der Waals surface area contributed by atoms with Crippen LogP contribution >= 0.6 is 11.9 Å². The van der Waals surface area contributed by atoms with Crippen molar-refractivity contribution >= 4 is 17.9 Å². The van der Waals surface area contributed by atoms with Crippen molar-refractivity contribution < 1.29 is 32.5 Å². The lowest BCUT2D eigenvalue weighted by molar-refractivity contribution is -0.258. The molecule has 0 fully saturated rings. The number of ether oxygens (including phenoxy) is 3. The second-order valence-electron chi connectivity index (χ2n) is 9.54. The Morgan fingerprint density at radius 2 is 1.60 bits per heavy atom. The number of methoxy groups -OCH3 is 3. The van der Waals surface area contributed by atoms with Crippen LogP contribution in [0.1, 0.15) is 36.9 Å². The van der Waals surface area contributed by atoms with Crippen LogP contribution in [0.3, 0.4) is 0 Å². The van der Waals surface area contributed by atoms with E-state index in [2.05, 4.69) is 24.9 Å². The first-order chi connectivity index (χ1) is 19.9. The van der Waals surface area contributed by atoms with Crippen LogP contribution in [-0.4, -0.2) is 62.6 Å². The van der Waals surface area contributed by atoms with Crippen molar-refractivity contribution in [2.75, 3.05) is 26.1 Å². The number of hydrogen-bond donors (Lipinski definition) is 2. The van der Waals surface area contributed by atoms with Gasteiger partial charge >= 0.3 is 6.18 Å². The Bertz CT molecular complexity index is 1490. The van der Waals surface area contributed by atoms with Gasteiger partial charge in [0, 0.05) is 25.1 Å². The van der Waals surface area contributed by atoms with Gasteiger partial charge in [0.1, 0.15) is 23.3 Å². The molecule has 42 heavy (non-hydrogen) atoms. The first-order valence-electron chi connectivity index (χ1n) is 12.7. The summed E-state index contributed by atoms with van der Waals surface area (Å²) in [5, 5.41) is 18.7. The van der Waals surface area contributed by atoms with Gasteiger partial charge in [0.25, 0.3) is 0 Å². The zero-order valence-electron chi connectivity index (χ0n) is 23.8. The minimum Gasteiger partial charge on any atom is -0.494 e. The van der Waals surface area contributed by atoms with Crippen molar-refractivity contribution in [3.05, 3.63) is 71.8 Å². The zero-order valence-corrected chi connectivity index (χ0v) is 24.6. The zero-order chi connectivity index (χ0) is 30.7. The topological polar surface area (TPSA) is 116 Å². The molecule has 0 aliphatic heterocycles. The number of nitrogens with one attached hydrogen (secondary N) is 1. The lowest BCUT2D eigenvalue weighted by atomic mass is 9.93. The number of aliphatic hydroxyl groups is 1. The van der Waals surface area contributed by atoms with E-state index in [1.807, 2.05) is 13.8 Å². The van der Waals surface area contributed by atoms with E-state index in [0.717, 1.165) is 5.56 Å². The predicted molar refractivity (Wildman–Crippen MR) is 153 cm³/mol. The van der Waals surface area contributed by atoms with E-state index < -0.39 is 17.9 Å². The number of aryl methyl sites for hydroxylation is 1. The summed E-state index contributed by atoms with van der Waals surface area (Å²) in [6.07, 6.45) is -1.95. The number of anilines is 1. The van der Waals surface area contributed by atoms with Crippen molar-refractivity contribution in [3.63, 3.8) is 0 Å². The molecule has 2 aromatic carbocycles. The minimum atomic E-state index is -4.90. The Labute approximate surface area is 245 Å². The Kier molecular flexibility index (Phi) is 9.28. The molecule has 224 valence electrons. The fourth-order valence-electron chi connectivity index (χ4n) is 4.19. The third-order valence-corrected chi connectivity index (χ3v) is 7.51. The van der Waals surface area contributed by atoms with Gasteiger partial charge in [-0.2, -0.15) is 13.2 Å². The molecular weight excluding hydrogens is 573 g/mol. The van der Waals surface area contributed by atoms with E-state index in [4.69, 9.17) is 14.2 Å². The Balaban J connectivity index is 1.80. The molecule has 14 heteroatoms. The molecule has 0 bridgehead atoms. The van der Waals surface area contributed by atoms with Crippen molar-refractivity contribution in [1.29, 1.82) is 0 Å². The van der Waals surface area contributed by atoms with Gasteiger partial charge in [-0.05, 0) is 62.0 Å². The lowest BCUT2D eigenvalue weighted by Crippen LogP contribution is -2.39. The van der Waals surface area contributed by atoms with Gasteiger partial charge in [0.15, 0.2) is 17.2 Å². The molecule has 0 amide bonds. The molecule has 2 N–H and O–H groups in total. The smallest absolute Gasteiger partial charge is 0.421 e. The maximum atomic E-state index is 13.7. The molecule has 2 unspecified atom stereocenters. The van der Waals surface area contributed by atoms with E-state index in [0.29, 0.717) is 29.9 Å². The van der Waals surface area contributed by atoms with Gasteiger partial charge in [-0.15, -0.1) is 10.2 Å². The van der Waals surface area contributed by atoms with Crippen molar-refractivity contribution in [2.24, 2.45) is 0 Å². The predicted octanol–water partition coefficient (Wildman–Crippen LogP) is 5.66. The summed E-state index contributed by atoms with van der Waals surface area (Å²) in [6.45, 7) is 4.51. The highest BCUT2D eigenvalue weighted by molar-refractivity contribution is 8.01. The first kappa shape index (κ1) is 31.1. The largest absolute Gasteiger partial charge is 0.494 e. The minimum absolute atomic E-state index is 0.179. The van der Waals surface area contributed by atoms with Crippen LogP contribution in [0, 0.1) is 6.92 Å². The third kappa shape index (κ3) is 6.15. The molecule has 2 aromatic heterocycles. The highest BCUT2D eigenvalue weighted by Crippen LogP contribution is 2.42. The van der Waals surface area contributed by atoms with Crippen LogP contribution in [0.15, 0.2) is 54.9 Å². The molecule has 0 aliphatic carbocycles. The van der Waals surface area contributed by atoms with Crippen LogP contribution in [0.2, 0.25) is 0 Å². The van der Waals surface area contributed by atoms with Crippen molar-refractivity contribution in [3.8, 4) is 28.6 Å². The number of hydrogen-bond acceptors (Lipinski definition) is 10. The number of para-hydroxylation sites is 1. The molecule has 4 rings (SSSR count). The summed E-state index contributed by atoms with van der Waals surface area (Å²) < 4.78 is 62.7. The van der Waals surface area contributed by atoms with E-state index in [1.54, 1.807) is 48.3 Å². The Morgan fingerprint density at radius 3 is 2.17 bits per heavy atom. The number of nitrogens with zero attached hydrogens (tertiary/aromatic N) is 5. The van der Waals surface area contributed by atoms with E-state index in [1.165, 1.54) is 44.4 Å². The molecule has 0 radical (unpaired) electrons. The second-order valence-corrected chi connectivity index (χ2v) is 10.7. The van der Waals surface area contributed by atoms with E-state index in [-0.39, 0.29) is 28.1 Å². The fraction of sp³-hybridized carbons (Fsp3) is 0.357. The quantitative estimate of drug-likeness (QED) is 0.208. The number of rotatable bonds is 11. The SMILES string of the molecule is COc1cccc(OC)c1-n1c(NSC(C)C(OC)c2ncc(C)cn2)nnc1-c1cccc([C@@](C)(O)C(F)(F)F)c1. The van der Waals surface area contributed by atoms with Gasteiger partial charge in [-0.1, -0.05) is 24.3 Å². The number of halogens is 3. The molecule has 2 heterocycles. The molecule has 0 saturated heterocycles. The molecular formula is C28H31F3N6O4S. The number of benzene rings is 2. The van der Waals surface area contributed by atoms with Gasteiger partial charge in [-0.3, -0.25) is 9.29 Å². The third-order valence-electron chi connectivity index (χ3n) is 6.60. The van der Waals surface area contributed by atoms with Crippen LogP contribution in [0.25, 0.3) is 17.1 Å². The molecule has 4 aromatic rings. The number of aromatic nitrogens is 5. The van der Waals surface area contributed by atoms with Gasteiger partial charge < -0.3 is 19.3 Å². The van der Waals surface area contributed by atoms with Gasteiger partial charge in [0.05, 0.1) is 19.5 Å². The normalized spacial score (nSPS) is 14.6. The van der Waals surface area contributed by atoms with Crippen LogP contribution in [0.4, 0.5) is 19.1 Å². The maximum Gasteiger partial charge on any atom is 0.421 e. The van der Waals surface area contributed by atoms with Crippen molar-refractivity contribution in [1.82, 2.24) is 24.7 Å². The van der Waals surface area contributed by atoms with E-state index in [9.17, 15) is 18.3 Å². The van der Waals surface area contributed by atoms with Crippen LogP contribution in [0.5, 0.6) is 11.5 Å². The monoisotopic (exact) mass is 604 g/mol. The fourth-order valence-corrected chi connectivity index (χ4v) is 4.97. The van der Waals surface area contributed by atoms with Crippen molar-refractivity contribution in [2.45, 2.75) is 43.9 Å². The van der Waals surface area contributed by atoms with E-state index >= 15 is 0 Å². The summed E-state index contributed by atoms with van der Waals surface area (Å²) in [4.78, 5) is 8.76. The van der Waals surface area contributed by atoms with Gasteiger partial charge in [-0.25, -0.2) is 9.97 Å². The standard InChI is InChI=1S/C28H31F3N6O4S/c1-16-14-32-24(33-15-16)23(41-6)17(2)42-36-26-35-34-25(37(26)22-20(39-4)11-8-12-21(22)40-5)18-9-7-10-19(13-18)27(3,38)28(29,30)31/h7-15,17,23,38H,1-6H3,(H,35,36)/t17?,23?,27-/m1/s1. The second kappa shape index (κ2) is 12.5. The summed E-state index contributed by atoms with van der Waals surface area (Å²) in [5.74, 6) is 1.72. The summed E-state index contributed by atoms with van der Waals surface area (Å²) in [5.41, 5.74) is -1.84. The highest BCUT2D eigenvalue weighted by atomic mass is 32.2. The summed E-state index contributed by atoms with van der Waals surface area (Å²) in [7, 11) is 4.53. The van der Waals surface area contributed by atoms with Crippen LogP contribution in [-0.2, 0) is 10.3 Å². The molecule has 0 saturated carbocycles. The molecule has 3 atom stereocenters. The van der Waals surface area contributed by atoms with Crippen LogP contribution < -0.4 is 14.2 Å². The highest BCUT2D eigenvalue weighted by Gasteiger charge is 2.51. The maximum absolute atomic E-state index is 13.7. The average Bonchev–Trinajstić information content (AvgIpc) is 3.39. The first-order valence-corrected chi connectivity index (χ1v) is 13.6. The lowest BCUT2D eigenvalue weighted by Gasteiger charge is -2.27. The number of alkyl halides is 3. The summed E-state index contributed by atoms with van der Waals surface area (Å²) in [6, 6.07) is 10.6. The average molecular weight is 605 g/mol. The molecule has 10 nitrogen and oxygen atoms in total. The Hall–Kier alpha value is -3.88.